The zero-order valence-corrected chi connectivity index (χ0v) is 12.6. The minimum atomic E-state index is -0.855. The summed E-state index contributed by atoms with van der Waals surface area (Å²) in [5, 5.41) is 12.2. The molecule has 2 atom stereocenters. The molecule has 114 valence electrons. The van der Waals surface area contributed by atoms with E-state index in [9.17, 15) is 14.7 Å². The largest absolute Gasteiger partial charge is 0.481 e. The third-order valence-electron chi connectivity index (χ3n) is 4.26. The van der Waals surface area contributed by atoms with Gasteiger partial charge in [0.15, 0.2) is 0 Å². The zero-order valence-electron chi connectivity index (χ0n) is 12.6. The van der Waals surface area contributed by atoms with E-state index in [2.05, 4.69) is 19.2 Å². The van der Waals surface area contributed by atoms with Crippen molar-refractivity contribution in [1.82, 2.24) is 0 Å². The number of amides is 1. The fourth-order valence-corrected chi connectivity index (χ4v) is 3.08. The minimum Gasteiger partial charge on any atom is -0.481 e. The lowest BCUT2D eigenvalue weighted by Crippen LogP contribution is -2.36. The highest BCUT2D eigenvalue weighted by Crippen LogP contribution is 2.32. The first-order valence-corrected chi connectivity index (χ1v) is 7.63. The maximum Gasteiger partial charge on any atom is 0.307 e. The summed E-state index contributed by atoms with van der Waals surface area (Å²) >= 11 is 0. The number of anilines is 1. The van der Waals surface area contributed by atoms with Gasteiger partial charge in [-0.15, -0.1) is 0 Å². The van der Waals surface area contributed by atoms with Crippen LogP contribution in [-0.2, 0) is 9.59 Å². The Morgan fingerprint density at radius 1 is 1.14 bits per heavy atom. The highest BCUT2D eigenvalue weighted by atomic mass is 16.4. The molecule has 21 heavy (non-hydrogen) atoms. The van der Waals surface area contributed by atoms with Gasteiger partial charge >= 0.3 is 5.97 Å². The number of rotatable bonds is 4. The first kappa shape index (κ1) is 15.5. The average molecular weight is 289 g/mol. The van der Waals surface area contributed by atoms with Crippen LogP contribution >= 0.6 is 0 Å². The average Bonchev–Trinajstić information content (AvgIpc) is 2.47. The lowest BCUT2D eigenvalue weighted by molar-refractivity contribution is -0.147. The van der Waals surface area contributed by atoms with Gasteiger partial charge in [0.2, 0.25) is 5.91 Å². The molecule has 0 heterocycles. The van der Waals surface area contributed by atoms with E-state index in [4.69, 9.17) is 0 Å². The maximum absolute atomic E-state index is 12.5. The Morgan fingerprint density at radius 3 is 2.38 bits per heavy atom. The second kappa shape index (κ2) is 6.74. The van der Waals surface area contributed by atoms with Gasteiger partial charge in [-0.2, -0.15) is 0 Å². The van der Waals surface area contributed by atoms with Crippen molar-refractivity contribution < 1.29 is 14.7 Å². The van der Waals surface area contributed by atoms with Crippen LogP contribution in [0.1, 0.15) is 51.0 Å². The van der Waals surface area contributed by atoms with E-state index in [1.54, 1.807) is 0 Å². The van der Waals surface area contributed by atoms with Gasteiger partial charge in [-0.25, -0.2) is 0 Å². The highest BCUT2D eigenvalue weighted by Gasteiger charge is 2.35. The minimum absolute atomic E-state index is 0.157. The molecule has 1 aliphatic carbocycles. The van der Waals surface area contributed by atoms with Crippen LogP contribution in [0, 0.1) is 11.8 Å². The Morgan fingerprint density at radius 2 is 1.76 bits per heavy atom. The maximum atomic E-state index is 12.5. The summed E-state index contributed by atoms with van der Waals surface area (Å²) < 4.78 is 0. The first-order chi connectivity index (χ1) is 10.0. The number of para-hydroxylation sites is 1. The van der Waals surface area contributed by atoms with Crippen molar-refractivity contribution >= 4 is 17.6 Å². The normalized spacial score (nSPS) is 22.0. The van der Waals surface area contributed by atoms with Crippen molar-refractivity contribution in [3.05, 3.63) is 29.8 Å². The van der Waals surface area contributed by atoms with E-state index in [-0.39, 0.29) is 5.91 Å². The third kappa shape index (κ3) is 3.63. The SMILES string of the molecule is CC(C)c1ccccc1NC(=O)C1CCCCC1C(=O)O. The Hall–Kier alpha value is -1.84. The topological polar surface area (TPSA) is 66.4 Å². The monoisotopic (exact) mass is 289 g/mol. The van der Waals surface area contributed by atoms with E-state index in [0.717, 1.165) is 24.1 Å². The van der Waals surface area contributed by atoms with Crippen LogP contribution in [0.5, 0.6) is 0 Å². The molecule has 4 heteroatoms. The number of hydrogen-bond acceptors (Lipinski definition) is 2. The molecule has 1 fully saturated rings. The summed E-state index contributed by atoms with van der Waals surface area (Å²) in [5.41, 5.74) is 1.88. The molecular formula is C17H23NO3. The predicted octanol–water partition coefficient (Wildman–Crippen LogP) is 3.64. The van der Waals surface area contributed by atoms with Crippen LogP contribution in [0.25, 0.3) is 0 Å². The van der Waals surface area contributed by atoms with Crippen molar-refractivity contribution in [2.75, 3.05) is 5.32 Å². The summed E-state index contributed by atoms with van der Waals surface area (Å²) in [7, 11) is 0. The van der Waals surface area contributed by atoms with Gasteiger partial charge in [-0.1, -0.05) is 44.9 Å². The molecule has 1 saturated carbocycles. The van der Waals surface area contributed by atoms with E-state index in [1.165, 1.54) is 0 Å². The number of aliphatic carboxylic acids is 1. The smallest absolute Gasteiger partial charge is 0.307 e. The Labute approximate surface area is 125 Å². The zero-order chi connectivity index (χ0) is 15.4. The third-order valence-corrected chi connectivity index (χ3v) is 4.26. The Kier molecular flexibility index (Phi) is 4.99. The molecule has 0 saturated heterocycles. The van der Waals surface area contributed by atoms with Crippen LogP contribution in [0.4, 0.5) is 5.69 Å². The Bertz CT molecular complexity index is 525. The number of carboxylic acids is 1. The molecule has 1 aromatic carbocycles. The predicted molar refractivity (Wildman–Crippen MR) is 82.2 cm³/mol. The molecule has 1 aliphatic rings. The number of carboxylic acid groups (broad SMARTS) is 1. The molecule has 1 aromatic rings. The van der Waals surface area contributed by atoms with Gasteiger partial charge in [-0.05, 0) is 30.4 Å². The van der Waals surface area contributed by atoms with E-state index < -0.39 is 17.8 Å². The summed E-state index contributed by atoms with van der Waals surface area (Å²) in [4.78, 5) is 23.8. The molecule has 2 N–H and O–H groups in total. The molecule has 0 spiro atoms. The van der Waals surface area contributed by atoms with Gasteiger partial charge < -0.3 is 10.4 Å². The summed E-state index contributed by atoms with van der Waals surface area (Å²) in [6.07, 6.45) is 3.07. The van der Waals surface area contributed by atoms with Crippen molar-refractivity contribution in [1.29, 1.82) is 0 Å². The second-order valence-corrected chi connectivity index (χ2v) is 6.07. The van der Waals surface area contributed by atoms with Gasteiger partial charge in [0.1, 0.15) is 0 Å². The van der Waals surface area contributed by atoms with Gasteiger partial charge in [0, 0.05) is 5.69 Å². The fraction of sp³-hybridized carbons (Fsp3) is 0.529. The molecule has 0 aromatic heterocycles. The summed E-state index contributed by atoms with van der Waals surface area (Å²) in [6.45, 7) is 4.15. The second-order valence-electron chi connectivity index (χ2n) is 6.07. The lowest BCUT2D eigenvalue weighted by Gasteiger charge is -2.28. The molecule has 2 rings (SSSR count). The van der Waals surface area contributed by atoms with Crippen LogP contribution in [-0.4, -0.2) is 17.0 Å². The van der Waals surface area contributed by atoms with Crippen molar-refractivity contribution in [2.45, 2.75) is 45.4 Å². The number of nitrogens with one attached hydrogen (secondary N) is 1. The number of carbonyl (C=O) groups excluding carboxylic acids is 1. The van der Waals surface area contributed by atoms with E-state index in [0.29, 0.717) is 18.8 Å². The fourth-order valence-electron chi connectivity index (χ4n) is 3.08. The van der Waals surface area contributed by atoms with Crippen molar-refractivity contribution in [2.24, 2.45) is 11.8 Å². The van der Waals surface area contributed by atoms with Crippen LogP contribution < -0.4 is 5.32 Å². The molecule has 4 nitrogen and oxygen atoms in total. The van der Waals surface area contributed by atoms with E-state index in [1.807, 2.05) is 24.3 Å². The van der Waals surface area contributed by atoms with Gasteiger partial charge in [-0.3, -0.25) is 9.59 Å². The summed E-state index contributed by atoms with van der Waals surface area (Å²) in [5.74, 6) is -1.67. The highest BCUT2D eigenvalue weighted by molar-refractivity contribution is 5.95. The lowest BCUT2D eigenvalue weighted by atomic mass is 9.78. The van der Waals surface area contributed by atoms with Crippen molar-refractivity contribution in [3.63, 3.8) is 0 Å². The number of hydrogen-bond donors (Lipinski definition) is 2. The number of benzene rings is 1. The van der Waals surface area contributed by atoms with E-state index >= 15 is 0 Å². The van der Waals surface area contributed by atoms with Crippen LogP contribution in [0.3, 0.4) is 0 Å². The number of carbonyl (C=O) groups is 2. The van der Waals surface area contributed by atoms with Gasteiger partial charge in [0.05, 0.1) is 11.8 Å². The quantitative estimate of drug-likeness (QED) is 0.889. The molecule has 0 bridgehead atoms. The van der Waals surface area contributed by atoms with Crippen molar-refractivity contribution in [3.8, 4) is 0 Å². The van der Waals surface area contributed by atoms with Gasteiger partial charge in [0.25, 0.3) is 0 Å². The first-order valence-electron chi connectivity index (χ1n) is 7.63. The van der Waals surface area contributed by atoms with Crippen LogP contribution in [0.2, 0.25) is 0 Å². The Balaban J connectivity index is 2.15. The van der Waals surface area contributed by atoms with Crippen LogP contribution in [0.15, 0.2) is 24.3 Å². The standard InChI is InChI=1S/C17H23NO3/c1-11(2)12-7-5-6-10-15(12)18-16(19)13-8-3-4-9-14(13)17(20)21/h5-7,10-11,13-14H,3-4,8-9H2,1-2H3,(H,18,19)(H,20,21). The molecule has 0 aliphatic heterocycles. The summed E-state index contributed by atoms with van der Waals surface area (Å²) in [6, 6.07) is 7.71. The molecule has 2 unspecified atom stereocenters. The molecular weight excluding hydrogens is 266 g/mol. The molecule has 1 amide bonds. The molecule has 0 radical (unpaired) electrons.